The smallest absolute Gasteiger partial charge is 0.109 e. The summed E-state index contributed by atoms with van der Waals surface area (Å²) in [6.45, 7) is 3.31. The van der Waals surface area contributed by atoms with Crippen LogP contribution in [0.4, 0.5) is 4.39 Å². The molecule has 0 aliphatic carbocycles. The molecule has 102 valence electrons. The molecule has 0 radical (unpaired) electrons. The maximum Gasteiger partial charge on any atom is 0.109 e. The monoisotopic (exact) mass is 400 g/mol. The van der Waals surface area contributed by atoms with Gasteiger partial charge >= 0.3 is 0 Å². The lowest BCUT2D eigenvalue weighted by Gasteiger charge is -2.34. The zero-order chi connectivity index (χ0) is 12.3. The number of nitrogens with zero attached hydrogens (tertiary/aromatic N) is 1. The Morgan fingerprint density at radius 1 is 1.28 bits per heavy atom. The van der Waals surface area contributed by atoms with E-state index >= 15 is 0 Å². The van der Waals surface area contributed by atoms with Gasteiger partial charge in [-0.25, -0.2) is 4.39 Å². The molecule has 0 aromatic heterocycles. The number of alkyl halides is 1. The van der Waals surface area contributed by atoms with Crippen LogP contribution in [0.2, 0.25) is 0 Å². The van der Waals surface area contributed by atoms with Crippen LogP contribution in [-0.2, 0) is 0 Å². The van der Waals surface area contributed by atoms with Gasteiger partial charge in [-0.3, -0.25) is 4.90 Å². The van der Waals surface area contributed by atoms with E-state index in [1.165, 1.54) is 0 Å². The van der Waals surface area contributed by atoms with Crippen molar-refractivity contribution in [1.82, 2.24) is 10.2 Å². The van der Waals surface area contributed by atoms with Crippen molar-refractivity contribution in [2.75, 3.05) is 32.9 Å². The van der Waals surface area contributed by atoms with Gasteiger partial charge in [0.15, 0.2) is 0 Å². The van der Waals surface area contributed by atoms with Crippen molar-refractivity contribution < 1.29 is 4.39 Å². The normalized spacial score (nSPS) is 18.2. The number of rotatable bonds is 3. The lowest BCUT2D eigenvalue weighted by molar-refractivity contribution is 0.147. The predicted molar refractivity (Wildman–Crippen MR) is 82.2 cm³/mol. The van der Waals surface area contributed by atoms with Gasteiger partial charge < -0.3 is 5.32 Å². The summed E-state index contributed by atoms with van der Waals surface area (Å²) in [5.41, 5.74) is 1.02. The Balaban J connectivity index is 0.00000162. The highest BCUT2D eigenvalue weighted by atomic mass is 79.9. The molecule has 1 atom stereocenters. The second kappa shape index (κ2) is 7.80. The van der Waals surface area contributed by atoms with Crippen molar-refractivity contribution in [2.45, 2.75) is 6.04 Å². The summed E-state index contributed by atoms with van der Waals surface area (Å²) < 4.78 is 15.3. The molecule has 1 aliphatic rings. The van der Waals surface area contributed by atoms with Crippen molar-refractivity contribution >= 4 is 44.3 Å². The molecule has 2 nitrogen and oxygen atoms in total. The summed E-state index contributed by atoms with van der Waals surface area (Å²) in [6, 6.07) is 5.77. The molecule has 1 aromatic rings. The molecular formula is C12H16Br2ClFN2. The Kier molecular flexibility index (Phi) is 7.10. The molecule has 1 fully saturated rings. The first kappa shape index (κ1) is 16.4. The minimum absolute atomic E-state index is 0. The quantitative estimate of drug-likeness (QED) is 0.832. The van der Waals surface area contributed by atoms with E-state index in [1.807, 2.05) is 18.2 Å². The van der Waals surface area contributed by atoms with Gasteiger partial charge in [-0.05, 0) is 23.8 Å². The van der Waals surface area contributed by atoms with Crippen LogP contribution in [-0.4, -0.2) is 37.8 Å². The van der Waals surface area contributed by atoms with E-state index in [-0.39, 0.29) is 25.1 Å². The molecule has 1 saturated heterocycles. The van der Waals surface area contributed by atoms with E-state index in [0.717, 1.165) is 40.7 Å². The highest BCUT2D eigenvalue weighted by Crippen LogP contribution is 2.31. The first-order chi connectivity index (χ1) is 8.22. The molecule has 1 aromatic carbocycles. The van der Waals surface area contributed by atoms with Gasteiger partial charge in [0.2, 0.25) is 0 Å². The molecule has 0 bridgehead atoms. The molecule has 18 heavy (non-hydrogen) atoms. The zero-order valence-electron chi connectivity index (χ0n) is 9.83. The minimum Gasteiger partial charge on any atom is -0.314 e. The Morgan fingerprint density at radius 2 is 1.94 bits per heavy atom. The highest BCUT2D eigenvalue weighted by Gasteiger charge is 2.23. The number of hydrogen-bond donors (Lipinski definition) is 1. The molecule has 0 unspecified atom stereocenters. The van der Waals surface area contributed by atoms with Gasteiger partial charge in [-0.15, -0.1) is 12.4 Å². The fraction of sp³-hybridized carbons (Fsp3) is 0.500. The maximum atomic E-state index is 13.3. The van der Waals surface area contributed by atoms with Crippen molar-refractivity contribution in [2.24, 2.45) is 0 Å². The van der Waals surface area contributed by atoms with E-state index in [4.69, 9.17) is 0 Å². The molecular weight excluding hydrogens is 386 g/mol. The average molecular weight is 403 g/mol. The molecule has 2 rings (SSSR count). The van der Waals surface area contributed by atoms with E-state index in [2.05, 4.69) is 42.1 Å². The zero-order valence-corrected chi connectivity index (χ0v) is 13.8. The minimum atomic E-state index is -0.352. The van der Waals surface area contributed by atoms with Crippen LogP contribution in [0.15, 0.2) is 27.1 Å². The molecule has 1 N–H and O–H groups in total. The predicted octanol–water partition coefficient (Wildman–Crippen LogP) is 3.55. The van der Waals surface area contributed by atoms with Crippen LogP contribution in [0.3, 0.4) is 0 Å². The summed E-state index contributed by atoms with van der Waals surface area (Å²) in [7, 11) is 0. The third-order valence-corrected chi connectivity index (χ3v) is 4.27. The van der Waals surface area contributed by atoms with Crippen LogP contribution in [0.25, 0.3) is 0 Å². The third kappa shape index (κ3) is 3.90. The Labute approximate surface area is 130 Å². The van der Waals surface area contributed by atoms with E-state index < -0.39 is 0 Å². The molecule has 0 spiro atoms. The molecule has 0 amide bonds. The Bertz CT molecular complexity index is 386. The van der Waals surface area contributed by atoms with Crippen LogP contribution in [0.5, 0.6) is 0 Å². The van der Waals surface area contributed by atoms with Gasteiger partial charge in [-0.2, -0.15) is 0 Å². The molecule has 0 saturated carbocycles. The maximum absolute atomic E-state index is 13.3. The van der Waals surface area contributed by atoms with Crippen molar-refractivity contribution in [1.29, 1.82) is 0 Å². The van der Waals surface area contributed by atoms with Crippen molar-refractivity contribution in [3.8, 4) is 0 Å². The average Bonchev–Trinajstić information content (AvgIpc) is 2.36. The lowest BCUT2D eigenvalue weighted by atomic mass is 10.1. The topological polar surface area (TPSA) is 15.3 Å². The second-order valence-electron chi connectivity index (χ2n) is 4.12. The van der Waals surface area contributed by atoms with E-state index in [1.54, 1.807) is 0 Å². The van der Waals surface area contributed by atoms with Gasteiger partial charge in [0.25, 0.3) is 0 Å². The molecule has 6 heteroatoms. The Hall–Kier alpha value is 0.320. The van der Waals surface area contributed by atoms with Gasteiger partial charge in [0.05, 0.1) is 6.04 Å². The van der Waals surface area contributed by atoms with Gasteiger partial charge in [-0.1, -0.05) is 31.9 Å². The third-order valence-electron chi connectivity index (χ3n) is 3.06. The number of piperazine rings is 1. The van der Waals surface area contributed by atoms with Crippen molar-refractivity contribution in [3.05, 3.63) is 32.7 Å². The summed E-state index contributed by atoms with van der Waals surface area (Å²) in [5, 5.41) is 3.29. The van der Waals surface area contributed by atoms with E-state index in [0.29, 0.717) is 0 Å². The summed E-state index contributed by atoms with van der Waals surface area (Å²) in [6.07, 6.45) is 0. The SMILES string of the molecule is Cl.FC[C@H](c1cc(Br)ccc1Br)N1CCNCC1. The largest absolute Gasteiger partial charge is 0.314 e. The fourth-order valence-corrected chi connectivity index (χ4v) is 3.03. The second-order valence-corrected chi connectivity index (χ2v) is 5.89. The van der Waals surface area contributed by atoms with Gasteiger partial charge in [0.1, 0.15) is 6.67 Å². The van der Waals surface area contributed by atoms with Gasteiger partial charge in [0, 0.05) is 35.1 Å². The number of hydrogen-bond acceptors (Lipinski definition) is 2. The summed E-state index contributed by atoms with van der Waals surface area (Å²) >= 11 is 6.95. The fourth-order valence-electron chi connectivity index (χ4n) is 2.14. The highest BCUT2D eigenvalue weighted by molar-refractivity contribution is 9.11. The number of nitrogens with one attached hydrogen (secondary N) is 1. The Morgan fingerprint density at radius 3 is 2.56 bits per heavy atom. The molecule has 1 heterocycles. The van der Waals surface area contributed by atoms with Crippen LogP contribution >= 0.6 is 44.3 Å². The first-order valence-corrected chi connectivity index (χ1v) is 7.26. The summed E-state index contributed by atoms with van der Waals surface area (Å²) in [5.74, 6) is 0. The summed E-state index contributed by atoms with van der Waals surface area (Å²) in [4.78, 5) is 2.20. The lowest BCUT2D eigenvalue weighted by Crippen LogP contribution is -2.45. The standard InChI is InChI=1S/C12H15Br2FN2.ClH/c13-9-1-2-11(14)10(7-9)12(8-15)17-5-3-16-4-6-17;/h1-2,7,12,16H,3-6,8H2;1H/t12-;/m1./s1. The van der Waals surface area contributed by atoms with Crippen LogP contribution in [0, 0.1) is 0 Å². The van der Waals surface area contributed by atoms with E-state index in [9.17, 15) is 4.39 Å². The first-order valence-electron chi connectivity index (χ1n) is 5.68. The molecule has 1 aliphatic heterocycles. The van der Waals surface area contributed by atoms with Crippen LogP contribution < -0.4 is 5.32 Å². The number of benzene rings is 1. The van der Waals surface area contributed by atoms with Crippen LogP contribution in [0.1, 0.15) is 11.6 Å². The number of halogens is 4. The van der Waals surface area contributed by atoms with Crippen molar-refractivity contribution in [3.63, 3.8) is 0 Å².